The van der Waals surface area contributed by atoms with Crippen LogP contribution in [0.1, 0.15) is 61.4 Å². The fourth-order valence-electron chi connectivity index (χ4n) is 6.35. The number of ether oxygens (including phenoxy) is 1. The Morgan fingerprint density at radius 1 is 1.05 bits per heavy atom. The van der Waals surface area contributed by atoms with Gasteiger partial charge in [0.2, 0.25) is 0 Å². The van der Waals surface area contributed by atoms with Crippen molar-refractivity contribution in [1.82, 2.24) is 15.0 Å². The molecule has 2 aliphatic rings. The van der Waals surface area contributed by atoms with Crippen LogP contribution in [0.5, 0.6) is 0 Å². The summed E-state index contributed by atoms with van der Waals surface area (Å²) in [7, 11) is 0. The predicted octanol–water partition coefficient (Wildman–Crippen LogP) is 6.52. The van der Waals surface area contributed by atoms with Crippen molar-refractivity contribution in [3.8, 4) is 23.0 Å². The van der Waals surface area contributed by atoms with Crippen LogP contribution in [0, 0.1) is 23.5 Å². The number of aliphatic hydroxyl groups excluding tert-OH is 3. The average molecular weight is 797 g/mol. The Labute approximate surface area is 315 Å². The lowest BCUT2D eigenvalue weighted by Crippen LogP contribution is -2.60. The summed E-state index contributed by atoms with van der Waals surface area (Å²) in [5.74, 6) is 0.195. The third-order valence-corrected chi connectivity index (χ3v) is 9.32. The number of carbonyl (C=O) groups is 2. The molecule has 2 aliphatic heterocycles. The maximum absolute atomic E-state index is 15.5. The molecule has 18 heteroatoms. The zero-order valence-corrected chi connectivity index (χ0v) is 29.7. The number of alkyl halides is 6. The summed E-state index contributed by atoms with van der Waals surface area (Å²) in [6.07, 6.45) is -7.93. The number of nitrogens with zero attached hydrogens (tertiary/aromatic N) is 3. The largest absolute Gasteiger partial charge is 0.509 e. The Morgan fingerprint density at radius 2 is 1.77 bits per heavy atom. The zero-order valence-electron chi connectivity index (χ0n) is 29.7. The minimum absolute atomic E-state index is 0.00949. The fraction of sp³-hybridized carbons (Fsp3) is 0.395. The van der Waals surface area contributed by atoms with Gasteiger partial charge < -0.3 is 25.4 Å². The Bertz CT molecular complexity index is 2020. The first kappa shape index (κ1) is 42.1. The summed E-state index contributed by atoms with van der Waals surface area (Å²) in [5.41, 5.74) is -6.37. The van der Waals surface area contributed by atoms with Crippen molar-refractivity contribution in [2.45, 2.75) is 69.6 Å². The van der Waals surface area contributed by atoms with Crippen LogP contribution in [0.3, 0.4) is 0 Å². The number of fused-ring (bicyclic) bond motifs is 1. The number of rotatable bonds is 12. The third-order valence-electron chi connectivity index (χ3n) is 9.32. The van der Waals surface area contributed by atoms with Crippen LogP contribution in [0.15, 0.2) is 60.0 Å². The first-order chi connectivity index (χ1) is 26.3. The number of hydrogen-bond donors (Lipinski definition) is 4. The molecule has 4 N–H and O–H groups in total. The lowest BCUT2D eigenvalue weighted by Gasteiger charge is -2.46. The molecule has 1 aromatic heterocycles. The Kier molecular flexibility index (Phi) is 12.7. The van der Waals surface area contributed by atoms with Crippen LogP contribution >= 0.6 is 0 Å². The Hall–Kier alpha value is -5.09. The van der Waals surface area contributed by atoms with E-state index < -0.39 is 94.3 Å². The van der Waals surface area contributed by atoms with Gasteiger partial charge in [-0.3, -0.25) is 19.6 Å². The van der Waals surface area contributed by atoms with Gasteiger partial charge in [0.05, 0.1) is 30.9 Å². The van der Waals surface area contributed by atoms with E-state index in [0.29, 0.717) is 56.7 Å². The van der Waals surface area contributed by atoms with Gasteiger partial charge in [0.25, 0.3) is 11.8 Å². The number of hydrogen-bond acceptors (Lipinski definition) is 8. The number of anilines is 1. The highest BCUT2D eigenvalue weighted by Gasteiger charge is 2.53. The van der Waals surface area contributed by atoms with Crippen molar-refractivity contribution in [1.29, 1.82) is 0 Å². The second-order valence-corrected chi connectivity index (χ2v) is 13.3. The van der Waals surface area contributed by atoms with Crippen molar-refractivity contribution in [3.05, 3.63) is 94.0 Å². The van der Waals surface area contributed by atoms with Crippen LogP contribution < -0.4 is 5.32 Å². The fourth-order valence-corrected chi connectivity index (χ4v) is 6.35. The van der Waals surface area contributed by atoms with Gasteiger partial charge in [-0.1, -0.05) is 17.9 Å². The van der Waals surface area contributed by atoms with Crippen LogP contribution in [-0.2, 0) is 33.2 Å². The van der Waals surface area contributed by atoms with E-state index in [1.165, 1.54) is 11.9 Å². The number of unbranched alkanes of at least 4 members (excludes halogenated alkanes) is 2. The number of aliphatic hydroxyl groups is 3. The molecule has 3 aromatic rings. The highest BCUT2D eigenvalue weighted by atomic mass is 19.4. The normalized spacial score (nSPS) is 18.1. The van der Waals surface area contributed by atoms with Crippen molar-refractivity contribution in [2.24, 2.45) is 0 Å². The molecule has 300 valence electrons. The van der Waals surface area contributed by atoms with Crippen molar-refractivity contribution in [3.63, 3.8) is 0 Å². The maximum atomic E-state index is 15.5. The highest BCUT2D eigenvalue weighted by Crippen LogP contribution is 2.43. The second kappa shape index (κ2) is 17.0. The van der Waals surface area contributed by atoms with Crippen molar-refractivity contribution in [2.75, 3.05) is 31.7 Å². The zero-order chi connectivity index (χ0) is 41.0. The van der Waals surface area contributed by atoms with E-state index in [2.05, 4.69) is 22.1 Å². The van der Waals surface area contributed by atoms with Gasteiger partial charge in [0.1, 0.15) is 34.8 Å². The van der Waals surface area contributed by atoms with Crippen LogP contribution in [0.4, 0.5) is 40.8 Å². The van der Waals surface area contributed by atoms with Gasteiger partial charge in [-0.2, -0.15) is 26.3 Å². The Morgan fingerprint density at radius 3 is 2.39 bits per heavy atom. The van der Waals surface area contributed by atoms with Gasteiger partial charge in [0, 0.05) is 53.7 Å². The molecule has 56 heavy (non-hydrogen) atoms. The maximum Gasteiger partial charge on any atom is 0.433 e. The molecule has 3 heterocycles. The van der Waals surface area contributed by atoms with E-state index in [-0.39, 0.29) is 36.4 Å². The molecule has 2 amide bonds. The van der Waals surface area contributed by atoms with E-state index in [0.717, 1.165) is 29.3 Å². The first-order valence-electron chi connectivity index (χ1n) is 17.3. The SMILES string of the molecule is C[C@]12CCCN1N(Cc1c(F)cc(C#CCCCCOC[C@H](O)CO)cc1F)C(=O)C(C(=O)Nc1ccc(C(F)(F)F)cc1-c1ccc(C(F)(F)F)nc1)=C2O. The summed E-state index contributed by atoms with van der Waals surface area (Å²) in [6.45, 7) is 0.789. The average Bonchev–Trinajstić information content (AvgIpc) is 3.54. The van der Waals surface area contributed by atoms with E-state index >= 15 is 8.78 Å². The van der Waals surface area contributed by atoms with Gasteiger partial charge in [-0.05, 0) is 69.0 Å². The monoisotopic (exact) mass is 796 g/mol. The smallest absolute Gasteiger partial charge is 0.433 e. The number of hydrazine groups is 1. The third kappa shape index (κ3) is 9.29. The molecule has 0 saturated carbocycles. The van der Waals surface area contributed by atoms with E-state index in [9.17, 15) is 46.1 Å². The number of aromatic nitrogens is 1. The molecule has 0 radical (unpaired) electrons. The number of halogens is 8. The standard InChI is InChI=1S/C38H36F8N4O6/c1-36-12-6-13-50(36)49(19-27-28(39)15-22(16-29(27)40)7-4-2-3-5-14-56-21-25(52)20-51)35(55)32(33(36)53)34(54)48-30-10-9-24(37(41,42)43)17-26(30)23-8-11-31(47-18-23)38(44,45)46/h8-11,15-18,25,51-53H,2-3,5-6,12-14,19-21H2,1H3,(H,48,54)/t25-,36-/m1/s1. The van der Waals surface area contributed by atoms with Gasteiger partial charge in [-0.15, -0.1) is 0 Å². The summed E-state index contributed by atoms with van der Waals surface area (Å²) >= 11 is 0. The molecule has 0 aliphatic carbocycles. The number of amides is 2. The molecular weight excluding hydrogens is 760 g/mol. The molecule has 0 unspecified atom stereocenters. The van der Waals surface area contributed by atoms with Crippen LogP contribution in [0.25, 0.3) is 11.1 Å². The van der Waals surface area contributed by atoms with Gasteiger partial charge in [0.15, 0.2) is 0 Å². The van der Waals surface area contributed by atoms with E-state index in [4.69, 9.17) is 9.84 Å². The van der Waals surface area contributed by atoms with E-state index in [1.807, 2.05) is 0 Å². The quantitative estimate of drug-likeness (QED) is 0.0705. The number of nitrogens with one attached hydrogen (secondary N) is 1. The summed E-state index contributed by atoms with van der Waals surface area (Å²) in [4.78, 5) is 31.1. The summed E-state index contributed by atoms with van der Waals surface area (Å²) < 4.78 is 117. The second-order valence-electron chi connectivity index (χ2n) is 13.3. The predicted molar refractivity (Wildman–Crippen MR) is 184 cm³/mol. The lowest BCUT2D eigenvalue weighted by molar-refractivity contribution is -0.160. The van der Waals surface area contributed by atoms with Gasteiger partial charge >= 0.3 is 12.4 Å². The molecule has 5 rings (SSSR count). The molecule has 0 bridgehead atoms. The number of carbonyl (C=O) groups excluding carboxylic acids is 2. The molecule has 2 aromatic carbocycles. The molecular formula is C38H36F8N4O6. The molecule has 2 atom stereocenters. The number of pyridine rings is 1. The summed E-state index contributed by atoms with van der Waals surface area (Å²) in [5, 5.41) is 34.0. The van der Waals surface area contributed by atoms with E-state index in [1.54, 1.807) is 0 Å². The molecule has 0 spiro atoms. The number of benzene rings is 2. The van der Waals surface area contributed by atoms with Crippen molar-refractivity contribution < 1.29 is 64.8 Å². The van der Waals surface area contributed by atoms with Crippen LogP contribution in [-0.4, -0.2) is 80.1 Å². The molecule has 1 saturated heterocycles. The first-order valence-corrected chi connectivity index (χ1v) is 17.3. The minimum Gasteiger partial charge on any atom is -0.509 e. The molecule has 10 nitrogen and oxygen atoms in total. The van der Waals surface area contributed by atoms with Crippen molar-refractivity contribution >= 4 is 17.5 Å². The Balaban J connectivity index is 1.38. The minimum atomic E-state index is -4.89. The summed E-state index contributed by atoms with van der Waals surface area (Å²) in [6, 6.07) is 5.36. The van der Waals surface area contributed by atoms with Gasteiger partial charge in [-0.25, -0.2) is 13.8 Å². The van der Waals surface area contributed by atoms with Crippen LogP contribution in [0.2, 0.25) is 0 Å². The topological polar surface area (TPSA) is 135 Å². The molecule has 1 fully saturated rings. The highest BCUT2D eigenvalue weighted by molar-refractivity contribution is 6.24. The lowest BCUT2D eigenvalue weighted by atomic mass is 9.90.